The van der Waals surface area contributed by atoms with Crippen LogP contribution in [0.15, 0.2) is 30.3 Å². The quantitative estimate of drug-likeness (QED) is 0.838. The SMILES string of the molecule is CC(CC(=O)Nc1sc2c(c1C#N)CCCC2)(C(=O)O)c1ccccc1. The predicted molar refractivity (Wildman–Crippen MR) is 100 cm³/mol. The number of carboxylic acids is 1. The largest absolute Gasteiger partial charge is 0.481 e. The number of aliphatic carboxylic acids is 1. The van der Waals surface area contributed by atoms with Crippen LogP contribution in [0.25, 0.3) is 0 Å². The van der Waals surface area contributed by atoms with E-state index in [0.717, 1.165) is 36.1 Å². The number of hydrogen-bond donors (Lipinski definition) is 2. The third kappa shape index (κ3) is 3.35. The average Bonchev–Trinajstić information content (AvgIpc) is 2.98. The molecule has 0 saturated heterocycles. The van der Waals surface area contributed by atoms with Crippen molar-refractivity contribution < 1.29 is 14.7 Å². The van der Waals surface area contributed by atoms with Crippen LogP contribution in [0.5, 0.6) is 0 Å². The number of nitrogens with zero attached hydrogens (tertiary/aromatic N) is 1. The van der Waals surface area contributed by atoms with Gasteiger partial charge in [-0.15, -0.1) is 11.3 Å². The van der Waals surface area contributed by atoms with Gasteiger partial charge in [-0.1, -0.05) is 30.3 Å². The van der Waals surface area contributed by atoms with Crippen LogP contribution in [0.3, 0.4) is 0 Å². The zero-order chi connectivity index (χ0) is 18.7. The Morgan fingerprint density at radius 1 is 1.27 bits per heavy atom. The van der Waals surface area contributed by atoms with Crippen molar-refractivity contribution in [3.8, 4) is 6.07 Å². The van der Waals surface area contributed by atoms with Gasteiger partial charge in [0, 0.05) is 11.3 Å². The van der Waals surface area contributed by atoms with Crippen molar-refractivity contribution in [2.75, 3.05) is 5.32 Å². The number of fused-ring (bicyclic) bond motifs is 1. The maximum Gasteiger partial charge on any atom is 0.314 e. The van der Waals surface area contributed by atoms with Gasteiger partial charge in [-0.25, -0.2) is 0 Å². The molecule has 1 aliphatic carbocycles. The van der Waals surface area contributed by atoms with E-state index >= 15 is 0 Å². The van der Waals surface area contributed by atoms with Crippen LogP contribution >= 0.6 is 11.3 Å². The number of carboxylic acid groups (broad SMARTS) is 1. The lowest BCUT2D eigenvalue weighted by Gasteiger charge is -2.24. The van der Waals surface area contributed by atoms with Crippen LogP contribution in [0.1, 0.15) is 47.8 Å². The summed E-state index contributed by atoms with van der Waals surface area (Å²) in [5.74, 6) is -1.45. The van der Waals surface area contributed by atoms with Crippen molar-refractivity contribution in [1.82, 2.24) is 0 Å². The first-order valence-corrected chi connectivity index (χ1v) is 9.41. The number of nitrogens with one attached hydrogen (secondary N) is 1. The fourth-order valence-corrected chi connectivity index (χ4v) is 4.63. The van der Waals surface area contributed by atoms with Crippen LogP contribution in [-0.2, 0) is 27.8 Å². The maximum atomic E-state index is 12.6. The number of benzene rings is 1. The van der Waals surface area contributed by atoms with E-state index in [1.165, 1.54) is 11.3 Å². The summed E-state index contributed by atoms with van der Waals surface area (Å²) in [6.07, 6.45) is 3.75. The van der Waals surface area contributed by atoms with E-state index in [0.29, 0.717) is 16.1 Å². The Kier molecular flexibility index (Phi) is 5.10. The Balaban J connectivity index is 1.83. The Morgan fingerprint density at radius 3 is 2.62 bits per heavy atom. The lowest BCUT2D eigenvalue weighted by Crippen LogP contribution is -2.36. The lowest BCUT2D eigenvalue weighted by atomic mass is 9.79. The highest BCUT2D eigenvalue weighted by Crippen LogP contribution is 2.38. The number of nitriles is 1. The number of amides is 1. The van der Waals surface area contributed by atoms with Gasteiger partial charge in [0.1, 0.15) is 11.1 Å². The molecule has 6 heteroatoms. The second-order valence-corrected chi connectivity index (χ2v) is 7.86. The Morgan fingerprint density at radius 2 is 1.96 bits per heavy atom. The minimum Gasteiger partial charge on any atom is -0.481 e. The van der Waals surface area contributed by atoms with E-state index in [-0.39, 0.29) is 6.42 Å². The van der Waals surface area contributed by atoms with Crippen LogP contribution < -0.4 is 5.32 Å². The number of thiophene rings is 1. The number of hydrogen-bond acceptors (Lipinski definition) is 4. The van der Waals surface area contributed by atoms with Gasteiger partial charge >= 0.3 is 5.97 Å². The topological polar surface area (TPSA) is 90.2 Å². The van der Waals surface area contributed by atoms with Crippen LogP contribution in [-0.4, -0.2) is 17.0 Å². The molecule has 3 rings (SSSR count). The number of anilines is 1. The van der Waals surface area contributed by atoms with Gasteiger partial charge in [-0.3, -0.25) is 9.59 Å². The number of rotatable bonds is 5. The fraction of sp³-hybridized carbons (Fsp3) is 0.350. The van der Waals surface area contributed by atoms with Gasteiger partial charge < -0.3 is 10.4 Å². The molecular weight excluding hydrogens is 348 g/mol. The van der Waals surface area contributed by atoms with E-state index < -0.39 is 17.3 Å². The summed E-state index contributed by atoms with van der Waals surface area (Å²) in [5.41, 5.74) is 0.834. The van der Waals surface area contributed by atoms with E-state index in [2.05, 4.69) is 11.4 Å². The zero-order valence-corrected chi connectivity index (χ0v) is 15.4. The van der Waals surface area contributed by atoms with E-state index in [4.69, 9.17) is 0 Å². The van der Waals surface area contributed by atoms with Gasteiger partial charge in [-0.2, -0.15) is 5.26 Å². The first-order chi connectivity index (χ1) is 12.5. The molecule has 0 saturated carbocycles. The first kappa shape index (κ1) is 18.2. The van der Waals surface area contributed by atoms with Crippen LogP contribution in [0.4, 0.5) is 5.00 Å². The molecule has 1 aromatic heterocycles. The van der Waals surface area contributed by atoms with Crippen molar-refractivity contribution >= 4 is 28.2 Å². The van der Waals surface area contributed by atoms with Gasteiger partial charge in [0.25, 0.3) is 0 Å². The highest BCUT2D eigenvalue weighted by atomic mass is 32.1. The summed E-state index contributed by atoms with van der Waals surface area (Å²) < 4.78 is 0. The highest BCUT2D eigenvalue weighted by Gasteiger charge is 2.38. The molecule has 5 nitrogen and oxygen atoms in total. The van der Waals surface area contributed by atoms with E-state index in [1.807, 2.05) is 0 Å². The standard InChI is InChI=1S/C20H20N2O3S/c1-20(19(24)25,13-7-3-2-4-8-13)11-17(23)22-18-15(12-21)14-9-5-6-10-16(14)26-18/h2-4,7-8H,5-6,9-11H2,1H3,(H,22,23)(H,24,25). The molecule has 26 heavy (non-hydrogen) atoms. The molecule has 1 amide bonds. The van der Waals surface area contributed by atoms with E-state index in [9.17, 15) is 20.0 Å². The minimum absolute atomic E-state index is 0.195. The molecule has 0 aliphatic heterocycles. The molecule has 1 unspecified atom stereocenters. The summed E-state index contributed by atoms with van der Waals surface area (Å²) in [5, 5.41) is 22.5. The van der Waals surface area contributed by atoms with Crippen LogP contribution in [0.2, 0.25) is 0 Å². The van der Waals surface area contributed by atoms with Crippen molar-refractivity contribution in [3.05, 3.63) is 51.9 Å². The summed E-state index contributed by atoms with van der Waals surface area (Å²) in [6, 6.07) is 11.0. The lowest BCUT2D eigenvalue weighted by molar-refractivity contribution is -0.145. The van der Waals surface area contributed by atoms with Crippen molar-refractivity contribution in [2.24, 2.45) is 0 Å². The fourth-order valence-electron chi connectivity index (χ4n) is 3.37. The molecule has 2 N–H and O–H groups in total. The molecule has 1 aliphatic rings. The molecule has 0 bridgehead atoms. The molecule has 0 radical (unpaired) electrons. The Hall–Kier alpha value is -2.65. The third-order valence-corrected chi connectivity index (χ3v) is 6.14. The average molecular weight is 368 g/mol. The summed E-state index contributed by atoms with van der Waals surface area (Å²) >= 11 is 1.44. The van der Waals surface area contributed by atoms with Crippen molar-refractivity contribution in [3.63, 3.8) is 0 Å². The molecular formula is C20H20N2O3S. The van der Waals surface area contributed by atoms with Gasteiger partial charge in [-0.05, 0) is 43.7 Å². The van der Waals surface area contributed by atoms with Crippen molar-refractivity contribution in [2.45, 2.75) is 44.4 Å². The zero-order valence-electron chi connectivity index (χ0n) is 14.5. The molecule has 2 aromatic rings. The molecule has 1 atom stereocenters. The third-order valence-electron chi connectivity index (χ3n) is 4.93. The smallest absolute Gasteiger partial charge is 0.314 e. The first-order valence-electron chi connectivity index (χ1n) is 8.59. The molecule has 0 fully saturated rings. The monoisotopic (exact) mass is 368 g/mol. The number of carbonyl (C=O) groups is 2. The second kappa shape index (κ2) is 7.30. The molecule has 134 valence electrons. The van der Waals surface area contributed by atoms with Crippen molar-refractivity contribution in [1.29, 1.82) is 5.26 Å². The predicted octanol–water partition coefficient (Wildman–Crippen LogP) is 3.87. The molecule has 0 spiro atoms. The number of aryl methyl sites for hydroxylation is 1. The highest BCUT2D eigenvalue weighted by molar-refractivity contribution is 7.16. The Bertz CT molecular complexity index is 882. The summed E-state index contributed by atoms with van der Waals surface area (Å²) in [6.45, 7) is 1.55. The maximum absolute atomic E-state index is 12.6. The molecule has 1 heterocycles. The minimum atomic E-state index is -1.32. The second-order valence-electron chi connectivity index (χ2n) is 6.76. The van der Waals surface area contributed by atoms with Gasteiger partial charge in [0.05, 0.1) is 11.0 Å². The van der Waals surface area contributed by atoms with Gasteiger partial charge in [0.15, 0.2) is 0 Å². The normalized spacial score (nSPS) is 15.4. The Labute approximate surface area is 156 Å². The van der Waals surface area contributed by atoms with Gasteiger partial charge in [0.2, 0.25) is 5.91 Å². The number of carbonyl (C=O) groups excluding carboxylic acids is 1. The summed E-state index contributed by atoms with van der Waals surface area (Å²) in [4.78, 5) is 25.6. The van der Waals surface area contributed by atoms with E-state index in [1.54, 1.807) is 37.3 Å². The molecule has 1 aromatic carbocycles. The summed E-state index contributed by atoms with van der Waals surface area (Å²) in [7, 11) is 0. The van der Waals surface area contributed by atoms with Crippen LogP contribution in [0, 0.1) is 11.3 Å².